The van der Waals surface area contributed by atoms with Crippen molar-refractivity contribution in [2.75, 3.05) is 19.8 Å². The SMILES string of the molecule is SN1CCCNC1. The average Bonchev–Trinajstić information content (AvgIpc) is 1.69. The quantitative estimate of drug-likeness (QED) is 0.438. The molecule has 1 heterocycles. The van der Waals surface area contributed by atoms with Crippen LogP contribution in [0.15, 0.2) is 0 Å². The summed E-state index contributed by atoms with van der Waals surface area (Å²) in [7, 11) is 0. The molecule has 1 N–H and O–H groups in total. The van der Waals surface area contributed by atoms with E-state index in [1.54, 1.807) is 0 Å². The second kappa shape index (κ2) is 2.55. The third kappa shape index (κ3) is 1.67. The maximum absolute atomic E-state index is 4.13. The minimum Gasteiger partial charge on any atom is -0.304 e. The Morgan fingerprint density at radius 1 is 1.57 bits per heavy atom. The molecule has 0 aromatic carbocycles. The van der Waals surface area contributed by atoms with Crippen LogP contribution in [0, 0.1) is 0 Å². The molecule has 1 rings (SSSR count). The van der Waals surface area contributed by atoms with Crippen LogP contribution in [0.2, 0.25) is 0 Å². The zero-order chi connectivity index (χ0) is 5.11. The fourth-order valence-electron chi connectivity index (χ4n) is 0.674. The number of thiol groups is 1. The molecule has 0 amide bonds. The molecular weight excluding hydrogens is 108 g/mol. The molecule has 1 aliphatic heterocycles. The molecule has 1 aliphatic rings. The van der Waals surface area contributed by atoms with Gasteiger partial charge >= 0.3 is 0 Å². The largest absolute Gasteiger partial charge is 0.304 e. The van der Waals surface area contributed by atoms with E-state index in [0.29, 0.717) is 0 Å². The summed E-state index contributed by atoms with van der Waals surface area (Å²) in [4.78, 5) is 0. The molecule has 7 heavy (non-hydrogen) atoms. The van der Waals surface area contributed by atoms with E-state index in [1.807, 2.05) is 4.31 Å². The van der Waals surface area contributed by atoms with Crippen molar-refractivity contribution in [3.8, 4) is 0 Å². The highest BCUT2D eigenvalue weighted by atomic mass is 32.1. The van der Waals surface area contributed by atoms with Crippen molar-refractivity contribution in [2.24, 2.45) is 0 Å². The summed E-state index contributed by atoms with van der Waals surface area (Å²) in [6.07, 6.45) is 1.23. The lowest BCUT2D eigenvalue weighted by Crippen LogP contribution is -2.35. The van der Waals surface area contributed by atoms with Gasteiger partial charge in [-0.05, 0) is 13.0 Å². The van der Waals surface area contributed by atoms with Gasteiger partial charge < -0.3 is 5.32 Å². The fraction of sp³-hybridized carbons (Fsp3) is 1.00. The highest BCUT2D eigenvalue weighted by Gasteiger charge is 2.02. The predicted molar refractivity (Wildman–Crippen MR) is 33.2 cm³/mol. The molecule has 1 saturated heterocycles. The third-order valence-corrected chi connectivity index (χ3v) is 1.41. The Labute approximate surface area is 49.4 Å². The minimum absolute atomic E-state index is 0.934. The van der Waals surface area contributed by atoms with E-state index in [1.165, 1.54) is 6.42 Å². The van der Waals surface area contributed by atoms with E-state index in [2.05, 4.69) is 18.1 Å². The van der Waals surface area contributed by atoms with Crippen LogP contribution >= 0.6 is 12.8 Å². The standard InChI is InChI=1S/C4H10N2S/c7-6-3-1-2-5-4-6/h5,7H,1-4H2. The van der Waals surface area contributed by atoms with Crippen LogP contribution in [-0.4, -0.2) is 24.1 Å². The van der Waals surface area contributed by atoms with Gasteiger partial charge in [0.05, 0.1) is 6.67 Å². The Bertz CT molecular complexity index is 51.7. The van der Waals surface area contributed by atoms with Gasteiger partial charge in [-0.2, -0.15) is 0 Å². The van der Waals surface area contributed by atoms with Crippen molar-refractivity contribution in [1.82, 2.24) is 9.62 Å². The predicted octanol–water partition coefficient (Wildman–Crippen LogP) is 0.0840. The Kier molecular flexibility index (Phi) is 1.97. The number of nitrogens with zero attached hydrogens (tertiary/aromatic N) is 1. The molecule has 0 bridgehead atoms. The smallest absolute Gasteiger partial charge is 0.0578 e. The summed E-state index contributed by atoms with van der Waals surface area (Å²) < 4.78 is 1.98. The first-order chi connectivity index (χ1) is 3.39. The first-order valence-corrected chi connectivity index (χ1v) is 2.94. The average molecular weight is 118 g/mol. The van der Waals surface area contributed by atoms with Crippen LogP contribution in [0.5, 0.6) is 0 Å². The number of hydrogen-bond acceptors (Lipinski definition) is 3. The van der Waals surface area contributed by atoms with E-state index >= 15 is 0 Å². The van der Waals surface area contributed by atoms with Crippen molar-refractivity contribution < 1.29 is 0 Å². The Morgan fingerprint density at radius 3 is 2.71 bits per heavy atom. The number of hydrogen-bond donors (Lipinski definition) is 2. The molecule has 0 aliphatic carbocycles. The lowest BCUT2D eigenvalue weighted by molar-refractivity contribution is 0.365. The van der Waals surface area contributed by atoms with Gasteiger partial charge in [-0.1, -0.05) is 12.8 Å². The molecule has 42 valence electrons. The zero-order valence-corrected chi connectivity index (χ0v) is 5.12. The lowest BCUT2D eigenvalue weighted by Gasteiger charge is -2.20. The Hall–Kier alpha value is 0.270. The van der Waals surface area contributed by atoms with Crippen LogP contribution in [0.25, 0.3) is 0 Å². The van der Waals surface area contributed by atoms with E-state index in [-0.39, 0.29) is 0 Å². The van der Waals surface area contributed by atoms with Gasteiger partial charge in [-0.25, -0.2) is 4.31 Å². The molecule has 0 unspecified atom stereocenters. The van der Waals surface area contributed by atoms with Crippen molar-refractivity contribution in [3.05, 3.63) is 0 Å². The van der Waals surface area contributed by atoms with Crippen molar-refractivity contribution >= 4 is 12.8 Å². The zero-order valence-electron chi connectivity index (χ0n) is 4.22. The molecule has 0 aromatic rings. The first-order valence-electron chi connectivity index (χ1n) is 2.54. The molecular formula is C4H10N2S. The van der Waals surface area contributed by atoms with Gasteiger partial charge in [-0.3, -0.25) is 0 Å². The Balaban J connectivity index is 2.12. The molecule has 0 spiro atoms. The van der Waals surface area contributed by atoms with Gasteiger partial charge in [0.1, 0.15) is 0 Å². The summed E-state index contributed by atoms with van der Waals surface area (Å²) in [5, 5.41) is 3.18. The summed E-state index contributed by atoms with van der Waals surface area (Å²) in [5.74, 6) is 0. The maximum atomic E-state index is 4.13. The normalized spacial score (nSPS) is 25.3. The lowest BCUT2D eigenvalue weighted by atomic mass is 10.4. The topological polar surface area (TPSA) is 15.3 Å². The van der Waals surface area contributed by atoms with Gasteiger partial charge in [-0.15, -0.1) is 0 Å². The molecule has 3 heteroatoms. The molecule has 0 atom stereocenters. The van der Waals surface area contributed by atoms with Crippen molar-refractivity contribution in [1.29, 1.82) is 0 Å². The number of nitrogens with one attached hydrogen (secondary N) is 1. The van der Waals surface area contributed by atoms with Gasteiger partial charge in [0.15, 0.2) is 0 Å². The van der Waals surface area contributed by atoms with Gasteiger partial charge in [0.2, 0.25) is 0 Å². The summed E-state index contributed by atoms with van der Waals surface area (Å²) >= 11 is 4.13. The maximum Gasteiger partial charge on any atom is 0.0578 e. The second-order valence-corrected chi connectivity index (χ2v) is 2.31. The summed E-state index contributed by atoms with van der Waals surface area (Å²) in [6.45, 7) is 3.20. The van der Waals surface area contributed by atoms with Gasteiger partial charge in [0.25, 0.3) is 0 Å². The third-order valence-electron chi connectivity index (χ3n) is 1.06. The van der Waals surface area contributed by atoms with Crippen LogP contribution in [-0.2, 0) is 0 Å². The summed E-state index contributed by atoms with van der Waals surface area (Å²) in [5.41, 5.74) is 0. The summed E-state index contributed by atoms with van der Waals surface area (Å²) in [6, 6.07) is 0. The molecule has 2 nitrogen and oxygen atoms in total. The molecule has 1 fully saturated rings. The first kappa shape index (κ1) is 5.41. The van der Waals surface area contributed by atoms with E-state index in [4.69, 9.17) is 0 Å². The highest BCUT2D eigenvalue weighted by molar-refractivity contribution is 7.77. The van der Waals surface area contributed by atoms with Crippen LogP contribution in [0.4, 0.5) is 0 Å². The molecule has 0 radical (unpaired) electrons. The fourth-order valence-corrected chi connectivity index (χ4v) is 0.915. The van der Waals surface area contributed by atoms with E-state index in [9.17, 15) is 0 Å². The minimum atomic E-state index is 0.934. The molecule has 0 saturated carbocycles. The van der Waals surface area contributed by atoms with Gasteiger partial charge in [0, 0.05) is 6.54 Å². The monoisotopic (exact) mass is 118 g/mol. The van der Waals surface area contributed by atoms with Crippen LogP contribution in [0.1, 0.15) is 6.42 Å². The van der Waals surface area contributed by atoms with E-state index < -0.39 is 0 Å². The Morgan fingerprint density at radius 2 is 2.43 bits per heavy atom. The van der Waals surface area contributed by atoms with Crippen molar-refractivity contribution in [3.63, 3.8) is 0 Å². The van der Waals surface area contributed by atoms with Crippen molar-refractivity contribution in [2.45, 2.75) is 6.42 Å². The highest BCUT2D eigenvalue weighted by Crippen LogP contribution is 1.96. The number of rotatable bonds is 0. The van der Waals surface area contributed by atoms with Crippen LogP contribution < -0.4 is 5.32 Å². The van der Waals surface area contributed by atoms with Crippen LogP contribution in [0.3, 0.4) is 0 Å². The second-order valence-electron chi connectivity index (χ2n) is 1.74. The molecule has 0 aromatic heterocycles. The van der Waals surface area contributed by atoms with E-state index in [0.717, 1.165) is 19.8 Å².